The van der Waals surface area contributed by atoms with E-state index in [0.29, 0.717) is 0 Å². The minimum atomic E-state index is -1.09. The first-order chi connectivity index (χ1) is 6.41. The maximum absolute atomic E-state index is 10.7. The average molecular weight is 203 g/mol. The Morgan fingerprint density at radius 2 is 2.07 bits per heavy atom. The maximum atomic E-state index is 10.7. The van der Waals surface area contributed by atoms with E-state index in [2.05, 4.69) is 0 Å². The summed E-state index contributed by atoms with van der Waals surface area (Å²) in [6.07, 6.45) is -2.20. The van der Waals surface area contributed by atoms with Crippen LogP contribution in [0.25, 0.3) is 0 Å². The number of ether oxygens (including phenoxy) is 3. The van der Waals surface area contributed by atoms with E-state index in [1.165, 1.54) is 0 Å². The van der Waals surface area contributed by atoms with Crippen molar-refractivity contribution in [3.8, 4) is 0 Å². The number of fused-ring (bicyclic) bond motifs is 1. The fraction of sp³-hybridized carbons (Fsp3) is 0.875. The molecular formula is C8H13NO5. The second kappa shape index (κ2) is 2.90. The van der Waals surface area contributed by atoms with Gasteiger partial charge < -0.3 is 25.1 Å². The zero-order valence-corrected chi connectivity index (χ0v) is 7.97. The number of carbonyl (C=O) groups is 1. The first kappa shape index (κ1) is 9.85. The summed E-state index contributed by atoms with van der Waals surface area (Å²) in [4.78, 5) is 10.7. The van der Waals surface area contributed by atoms with Crippen molar-refractivity contribution in [3.63, 3.8) is 0 Å². The van der Waals surface area contributed by atoms with Crippen molar-refractivity contribution in [1.82, 2.24) is 0 Å². The van der Waals surface area contributed by atoms with Crippen LogP contribution in [0.4, 0.5) is 0 Å². The van der Waals surface area contributed by atoms with Crippen LogP contribution in [0.5, 0.6) is 0 Å². The Bertz CT molecular complexity index is 266. The molecule has 0 aliphatic carbocycles. The molecule has 0 aromatic heterocycles. The lowest BCUT2D eigenvalue weighted by Crippen LogP contribution is -2.44. The molecule has 2 saturated heterocycles. The number of hydrogen-bond donors (Lipinski definition) is 2. The summed E-state index contributed by atoms with van der Waals surface area (Å²) < 4.78 is 15.9. The van der Waals surface area contributed by atoms with Gasteiger partial charge in [0.05, 0.1) is 6.04 Å². The molecule has 0 radical (unpaired) electrons. The van der Waals surface area contributed by atoms with Gasteiger partial charge in [-0.15, -0.1) is 0 Å². The van der Waals surface area contributed by atoms with Gasteiger partial charge in [0, 0.05) is 0 Å². The first-order valence-corrected chi connectivity index (χ1v) is 4.40. The Hall–Kier alpha value is -0.690. The number of rotatable bonds is 1. The van der Waals surface area contributed by atoms with E-state index in [1.54, 1.807) is 13.8 Å². The summed E-state index contributed by atoms with van der Waals surface area (Å²) in [5.41, 5.74) is 5.68. The van der Waals surface area contributed by atoms with Gasteiger partial charge in [0.25, 0.3) is 0 Å². The lowest BCUT2D eigenvalue weighted by molar-refractivity contribution is -0.211. The van der Waals surface area contributed by atoms with Crippen LogP contribution in [0, 0.1) is 0 Å². The van der Waals surface area contributed by atoms with Gasteiger partial charge in [-0.1, -0.05) is 0 Å². The van der Waals surface area contributed by atoms with Crippen LogP contribution >= 0.6 is 0 Å². The summed E-state index contributed by atoms with van der Waals surface area (Å²) in [6.45, 7) is 3.47. The van der Waals surface area contributed by atoms with Gasteiger partial charge in [0.2, 0.25) is 0 Å². The summed E-state index contributed by atoms with van der Waals surface area (Å²) in [5.74, 6) is -1.84. The van der Waals surface area contributed by atoms with Gasteiger partial charge in [0.1, 0.15) is 6.10 Å². The molecule has 2 fully saturated rings. The highest BCUT2D eigenvalue weighted by Gasteiger charge is 2.55. The molecule has 80 valence electrons. The molecule has 0 aromatic carbocycles. The Kier molecular flexibility index (Phi) is 2.04. The van der Waals surface area contributed by atoms with Gasteiger partial charge >= 0.3 is 5.97 Å². The Morgan fingerprint density at radius 3 is 2.57 bits per heavy atom. The molecule has 14 heavy (non-hydrogen) atoms. The van der Waals surface area contributed by atoms with E-state index in [4.69, 9.17) is 25.1 Å². The summed E-state index contributed by atoms with van der Waals surface area (Å²) >= 11 is 0. The highest BCUT2D eigenvalue weighted by molar-refractivity contribution is 5.74. The second-order valence-electron chi connectivity index (χ2n) is 3.94. The molecule has 6 nitrogen and oxygen atoms in total. The number of aliphatic carboxylic acids is 1. The van der Waals surface area contributed by atoms with Gasteiger partial charge in [-0.2, -0.15) is 0 Å². The van der Waals surface area contributed by atoms with Crippen molar-refractivity contribution in [2.45, 2.75) is 44.2 Å². The fourth-order valence-electron chi connectivity index (χ4n) is 1.75. The monoisotopic (exact) mass is 203 g/mol. The number of hydrogen-bond acceptors (Lipinski definition) is 5. The van der Waals surface area contributed by atoms with Crippen molar-refractivity contribution in [1.29, 1.82) is 0 Å². The molecule has 0 spiro atoms. The maximum Gasteiger partial charge on any atom is 0.334 e. The largest absolute Gasteiger partial charge is 0.479 e. The van der Waals surface area contributed by atoms with E-state index >= 15 is 0 Å². The molecule has 0 aromatic rings. The summed E-state index contributed by atoms with van der Waals surface area (Å²) in [5, 5.41) is 8.75. The predicted molar refractivity (Wildman–Crippen MR) is 44.3 cm³/mol. The number of nitrogens with two attached hydrogens (primary N) is 1. The number of carboxylic acid groups (broad SMARTS) is 1. The topological polar surface area (TPSA) is 91.0 Å². The Balaban J connectivity index is 2.11. The third-order valence-corrected chi connectivity index (χ3v) is 2.34. The van der Waals surface area contributed by atoms with Gasteiger partial charge in [0.15, 0.2) is 18.2 Å². The van der Waals surface area contributed by atoms with Crippen LogP contribution in [-0.4, -0.2) is 41.4 Å². The quantitative estimate of drug-likeness (QED) is 0.584. The van der Waals surface area contributed by atoms with Gasteiger partial charge in [-0.3, -0.25) is 0 Å². The second-order valence-corrected chi connectivity index (χ2v) is 3.94. The smallest absolute Gasteiger partial charge is 0.334 e. The van der Waals surface area contributed by atoms with E-state index in [1.807, 2.05) is 0 Å². The van der Waals surface area contributed by atoms with Crippen LogP contribution in [0.2, 0.25) is 0 Å². The first-order valence-electron chi connectivity index (χ1n) is 4.40. The molecule has 3 N–H and O–H groups in total. The molecule has 0 amide bonds. The third-order valence-electron chi connectivity index (χ3n) is 2.34. The molecule has 4 atom stereocenters. The molecule has 2 rings (SSSR count). The van der Waals surface area contributed by atoms with Crippen LogP contribution < -0.4 is 5.73 Å². The van der Waals surface area contributed by atoms with Crippen LogP contribution in [0.15, 0.2) is 0 Å². The standard InChI is InChI=1S/C8H13NO5/c1-8(2)13-5-3(9)4(6(10)11)12-7(5)14-8/h3-5,7H,9H2,1-2H3,(H,10,11)/t3?,4-,5?,7+/m0/s1. The van der Waals surface area contributed by atoms with Crippen molar-refractivity contribution in [3.05, 3.63) is 0 Å². The van der Waals surface area contributed by atoms with Crippen molar-refractivity contribution in [2.24, 2.45) is 5.73 Å². The lowest BCUT2D eigenvalue weighted by Gasteiger charge is -2.21. The minimum Gasteiger partial charge on any atom is -0.479 e. The van der Waals surface area contributed by atoms with Gasteiger partial charge in [-0.05, 0) is 13.8 Å². The van der Waals surface area contributed by atoms with Crippen LogP contribution in [-0.2, 0) is 19.0 Å². The van der Waals surface area contributed by atoms with Gasteiger partial charge in [-0.25, -0.2) is 4.79 Å². The minimum absolute atomic E-state index is 0.494. The number of carboxylic acids is 1. The van der Waals surface area contributed by atoms with Crippen molar-refractivity contribution < 1.29 is 24.1 Å². The zero-order chi connectivity index (χ0) is 10.5. The molecule has 2 aliphatic rings. The molecule has 0 bridgehead atoms. The van der Waals surface area contributed by atoms with Crippen molar-refractivity contribution in [2.75, 3.05) is 0 Å². The zero-order valence-electron chi connectivity index (χ0n) is 7.97. The fourth-order valence-corrected chi connectivity index (χ4v) is 1.75. The Labute approximate surface area is 80.9 Å². The normalized spacial score (nSPS) is 45.1. The summed E-state index contributed by atoms with van der Waals surface area (Å²) in [7, 11) is 0. The molecule has 2 unspecified atom stereocenters. The van der Waals surface area contributed by atoms with E-state index in [0.717, 1.165) is 0 Å². The summed E-state index contributed by atoms with van der Waals surface area (Å²) in [6, 6.07) is -0.681. The van der Waals surface area contributed by atoms with Crippen LogP contribution in [0.3, 0.4) is 0 Å². The lowest BCUT2D eigenvalue weighted by atomic mass is 10.1. The molecule has 2 aliphatic heterocycles. The van der Waals surface area contributed by atoms with Crippen LogP contribution in [0.1, 0.15) is 13.8 Å². The molecule has 2 heterocycles. The van der Waals surface area contributed by atoms with E-state index in [-0.39, 0.29) is 0 Å². The molecular weight excluding hydrogens is 190 g/mol. The van der Waals surface area contributed by atoms with E-state index in [9.17, 15) is 4.79 Å². The third kappa shape index (κ3) is 1.40. The van der Waals surface area contributed by atoms with E-state index < -0.39 is 36.3 Å². The molecule has 6 heteroatoms. The highest BCUT2D eigenvalue weighted by Crippen LogP contribution is 2.36. The van der Waals surface area contributed by atoms with Crippen molar-refractivity contribution >= 4 is 5.97 Å². The highest BCUT2D eigenvalue weighted by atomic mass is 16.8. The average Bonchev–Trinajstić information content (AvgIpc) is 2.46. The predicted octanol–water partition coefficient (Wildman–Crippen LogP) is -0.725. The Morgan fingerprint density at radius 1 is 1.43 bits per heavy atom. The SMILES string of the molecule is CC1(C)OC2C(N)[C@@H](C(=O)O)O[C@@H]2O1. The molecule has 0 saturated carbocycles.